The second-order valence-electron chi connectivity index (χ2n) is 15.1. The molecule has 5 heteroatoms. The van der Waals surface area contributed by atoms with Crippen molar-refractivity contribution in [3.8, 4) is 11.8 Å². The highest BCUT2D eigenvalue weighted by atomic mass is 16.7. The highest BCUT2D eigenvalue weighted by Crippen LogP contribution is 2.65. The van der Waals surface area contributed by atoms with Crippen molar-refractivity contribution in [3.05, 3.63) is 81.9 Å². The third-order valence-electron chi connectivity index (χ3n) is 11.7. The highest BCUT2D eigenvalue weighted by molar-refractivity contribution is 5.89. The molecule has 5 nitrogen and oxygen atoms in total. The Morgan fingerprint density at radius 2 is 1.68 bits per heavy atom. The van der Waals surface area contributed by atoms with Gasteiger partial charge in [0.2, 0.25) is 0 Å². The first-order valence-electron chi connectivity index (χ1n) is 16.6. The first-order valence-corrected chi connectivity index (χ1v) is 16.6. The van der Waals surface area contributed by atoms with Gasteiger partial charge in [-0.15, -0.1) is 0 Å². The predicted molar refractivity (Wildman–Crippen MR) is 170 cm³/mol. The van der Waals surface area contributed by atoms with Crippen LogP contribution >= 0.6 is 0 Å². The van der Waals surface area contributed by atoms with Gasteiger partial charge in [-0.3, -0.25) is 0 Å². The van der Waals surface area contributed by atoms with Gasteiger partial charge in [0.05, 0.1) is 32.0 Å². The molecule has 232 valence electrons. The largest absolute Gasteiger partial charge is 0.465 e. The Morgan fingerprint density at radius 3 is 2.43 bits per heavy atom. The normalized spacial score (nSPS) is 33.4. The highest BCUT2D eigenvalue weighted by Gasteiger charge is 2.57. The summed E-state index contributed by atoms with van der Waals surface area (Å²) in [7, 11) is 1.39. The van der Waals surface area contributed by atoms with E-state index in [2.05, 4.69) is 56.9 Å². The fraction of sp³-hybridized carbons (Fsp3) is 0.564. The van der Waals surface area contributed by atoms with Crippen molar-refractivity contribution < 1.29 is 24.1 Å². The van der Waals surface area contributed by atoms with Gasteiger partial charge < -0.3 is 19.3 Å². The minimum Gasteiger partial charge on any atom is -0.465 e. The fourth-order valence-electron chi connectivity index (χ4n) is 9.28. The van der Waals surface area contributed by atoms with Crippen LogP contribution in [-0.2, 0) is 14.2 Å². The first kappa shape index (κ1) is 29.8. The second-order valence-corrected chi connectivity index (χ2v) is 15.1. The van der Waals surface area contributed by atoms with E-state index in [4.69, 9.17) is 14.2 Å². The van der Waals surface area contributed by atoms with Crippen LogP contribution in [0.15, 0.2) is 59.7 Å². The Hall–Kier alpha value is -2.91. The number of fused-ring (bicyclic) bond motifs is 4. The van der Waals surface area contributed by atoms with Crippen LogP contribution in [0, 0.1) is 40.4 Å². The number of ether oxygens (including phenoxy) is 3. The lowest BCUT2D eigenvalue weighted by molar-refractivity contribution is -0.312. The average Bonchev–Trinajstić information content (AvgIpc) is 3.34. The molecule has 0 amide bonds. The molecule has 7 rings (SSSR count). The molecular weight excluding hydrogens is 548 g/mol. The van der Waals surface area contributed by atoms with Crippen molar-refractivity contribution in [2.75, 3.05) is 20.3 Å². The summed E-state index contributed by atoms with van der Waals surface area (Å²) in [5, 5.41) is 11.3. The number of carbonyl (C=O) groups is 1. The molecule has 6 unspecified atom stereocenters. The Morgan fingerprint density at radius 1 is 0.932 bits per heavy atom. The molecule has 4 aliphatic carbocycles. The fourth-order valence-corrected chi connectivity index (χ4v) is 9.28. The quantitative estimate of drug-likeness (QED) is 0.223. The van der Waals surface area contributed by atoms with Crippen LogP contribution in [0.25, 0.3) is 0 Å². The van der Waals surface area contributed by atoms with Gasteiger partial charge in [0.1, 0.15) is 0 Å². The number of methoxy groups -OCH3 is 1. The van der Waals surface area contributed by atoms with Crippen LogP contribution < -0.4 is 0 Å². The van der Waals surface area contributed by atoms with Gasteiger partial charge in [0, 0.05) is 35.3 Å². The van der Waals surface area contributed by atoms with Crippen molar-refractivity contribution in [3.63, 3.8) is 0 Å². The van der Waals surface area contributed by atoms with E-state index in [1.54, 1.807) is 23.3 Å². The summed E-state index contributed by atoms with van der Waals surface area (Å²) < 4.78 is 17.8. The summed E-state index contributed by atoms with van der Waals surface area (Å²) in [5.41, 5.74) is 6.95. The Labute approximate surface area is 262 Å². The molecule has 1 spiro atoms. The Balaban J connectivity index is 1.19. The smallest absolute Gasteiger partial charge is 0.337 e. The summed E-state index contributed by atoms with van der Waals surface area (Å²) >= 11 is 0. The van der Waals surface area contributed by atoms with Crippen molar-refractivity contribution in [2.45, 2.75) is 89.9 Å². The summed E-state index contributed by atoms with van der Waals surface area (Å²) in [6.45, 7) is 8.34. The van der Waals surface area contributed by atoms with E-state index in [1.807, 2.05) is 12.1 Å². The number of carbonyl (C=O) groups excluding carboxylic acids is 1. The summed E-state index contributed by atoms with van der Waals surface area (Å²) in [4.78, 5) is 11.9. The molecule has 44 heavy (non-hydrogen) atoms. The monoisotopic (exact) mass is 594 g/mol. The number of esters is 1. The molecule has 2 aromatic rings. The molecule has 3 saturated carbocycles. The molecule has 0 bridgehead atoms. The number of hydrogen-bond donors (Lipinski definition) is 1. The van der Waals surface area contributed by atoms with Crippen LogP contribution in [0.1, 0.15) is 105 Å². The van der Waals surface area contributed by atoms with Gasteiger partial charge >= 0.3 is 5.97 Å². The van der Waals surface area contributed by atoms with Crippen molar-refractivity contribution >= 4 is 5.97 Å². The number of hydrogen-bond acceptors (Lipinski definition) is 5. The van der Waals surface area contributed by atoms with Crippen LogP contribution in [0.5, 0.6) is 0 Å². The summed E-state index contributed by atoms with van der Waals surface area (Å²) in [6, 6.07) is 16.0. The number of benzene rings is 2. The molecule has 0 aromatic heterocycles. The van der Waals surface area contributed by atoms with Crippen molar-refractivity contribution in [2.24, 2.45) is 28.6 Å². The molecule has 0 radical (unpaired) electrons. The van der Waals surface area contributed by atoms with E-state index in [1.165, 1.54) is 25.5 Å². The number of rotatable bonds is 2. The maximum atomic E-state index is 11.9. The van der Waals surface area contributed by atoms with Crippen LogP contribution in [0.3, 0.4) is 0 Å². The number of allylic oxidation sites excluding steroid dienone is 2. The van der Waals surface area contributed by atoms with E-state index < -0.39 is 5.79 Å². The zero-order valence-electron chi connectivity index (χ0n) is 26.7. The van der Waals surface area contributed by atoms with E-state index in [0.29, 0.717) is 29.2 Å². The summed E-state index contributed by atoms with van der Waals surface area (Å²) in [6.07, 6.45) is 8.17. The number of aliphatic hydroxyl groups is 1. The molecule has 2 aromatic carbocycles. The lowest BCUT2D eigenvalue weighted by Gasteiger charge is -2.55. The third kappa shape index (κ3) is 5.23. The van der Waals surface area contributed by atoms with Gasteiger partial charge in [0.15, 0.2) is 5.79 Å². The average molecular weight is 595 g/mol. The zero-order chi connectivity index (χ0) is 30.7. The second kappa shape index (κ2) is 11.2. The molecule has 5 aliphatic rings. The lowest BCUT2D eigenvalue weighted by atomic mass is 9.52. The molecule has 1 N–H and O–H groups in total. The predicted octanol–water partition coefficient (Wildman–Crippen LogP) is 7.41. The molecule has 6 atom stereocenters. The van der Waals surface area contributed by atoms with Gasteiger partial charge in [-0.05, 0) is 97.6 Å². The molecule has 1 saturated heterocycles. The van der Waals surface area contributed by atoms with Gasteiger partial charge in [0.25, 0.3) is 0 Å². The Bertz CT molecular complexity index is 1510. The third-order valence-corrected chi connectivity index (χ3v) is 11.7. The topological polar surface area (TPSA) is 65.0 Å². The standard InChI is InChI=1S/C39H46O5/c1-37(2)23-43-39(44-24-37)19-18-30-29(21-39)14-15-31-33-16-17-34(40)38(33,3)22-32(35(30)31)27-12-10-25(11-13-27)8-9-26-6-5-7-28(20-26)36(41)42-4/h5-7,10-13,20,29,31-34,40H,14-19,21-24H2,1-4H3. The maximum Gasteiger partial charge on any atom is 0.337 e. The molecule has 1 heterocycles. The molecular formula is C39H46O5. The molecule has 4 fully saturated rings. The van der Waals surface area contributed by atoms with Gasteiger partial charge in [-0.25, -0.2) is 4.79 Å². The van der Waals surface area contributed by atoms with E-state index in [9.17, 15) is 9.90 Å². The minimum absolute atomic E-state index is 0.0492. The van der Waals surface area contributed by atoms with Crippen molar-refractivity contribution in [1.29, 1.82) is 0 Å². The zero-order valence-corrected chi connectivity index (χ0v) is 26.7. The van der Waals surface area contributed by atoms with Crippen LogP contribution in [-0.4, -0.2) is 43.3 Å². The molecule has 1 aliphatic heterocycles. The van der Waals surface area contributed by atoms with Crippen LogP contribution in [0.2, 0.25) is 0 Å². The Kier molecular flexibility index (Phi) is 7.55. The van der Waals surface area contributed by atoms with Crippen molar-refractivity contribution in [1.82, 2.24) is 0 Å². The minimum atomic E-state index is -0.421. The summed E-state index contributed by atoms with van der Waals surface area (Å²) in [5.74, 6) is 7.65. The maximum absolute atomic E-state index is 11.9. The lowest BCUT2D eigenvalue weighted by Crippen LogP contribution is -2.52. The van der Waals surface area contributed by atoms with E-state index >= 15 is 0 Å². The van der Waals surface area contributed by atoms with Gasteiger partial charge in [-0.1, -0.05) is 62.0 Å². The SMILES string of the molecule is COC(=O)c1cccc(C#Cc2ccc(C3CC4(C)C(O)CCC4C4CCC5CC6(CCC5=C34)OCC(C)(C)CO6)cc2)c1. The first-order chi connectivity index (χ1) is 21.1. The van der Waals surface area contributed by atoms with E-state index in [0.717, 1.165) is 62.9 Å². The van der Waals surface area contributed by atoms with Gasteiger partial charge in [-0.2, -0.15) is 0 Å². The number of aliphatic hydroxyl groups excluding tert-OH is 1. The van der Waals surface area contributed by atoms with Crippen LogP contribution in [0.4, 0.5) is 0 Å². The van der Waals surface area contributed by atoms with E-state index in [-0.39, 0.29) is 22.9 Å².